The highest BCUT2D eigenvalue weighted by Gasteiger charge is 2.40. The molecular formula is C18H25NO3. The largest absolute Gasteiger partial charge is 0.462 e. The molecule has 0 radical (unpaired) electrons. The van der Waals surface area contributed by atoms with Gasteiger partial charge in [-0.2, -0.15) is 0 Å². The molecule has 22 heavy (non-hydrogen) atoms. The number of carbonyl (C=O) groups excluding carboxylic acids is 1. The van der Waals surface area contributed by atoms with Gasteiger partial charge in [-0.25, -0.2) is 0 Å². The van der Waals surface area contributed by atoms with Gasteiger partial charge in [0.05, 0.1) is 6.61 Å². The molecule has 4 nitrogen and oxygen atoms in total. The molecule has 2 fully saturated rings. The first-order valence-corrected chi connectivity index (χ1v) is 8.15. The van der Waals surface area contributed by atoms with Crippen LogP contribution in [0.5, 0.6) is 0 Å². The maximum atomic E-state index is 12.6. The molecule has 120 valence electrons. The second-order valence-corrected chi connectivity index (χ2v) is 6.50. The molecule has 2 aliphatic rings. The van der Waals surface area contributed by atoms with Crippen LogP contribution in [0.3, 0.4) is 0 Å². The van der Waals surface area contributed by atoms with Crippen LogP contribution in [-0.4, -0.2) is 49.8 Å². The van der Waals surface area contributed by atoms with Gasteiger partial charge in [-0.1, -0.05) is 30.3 Å². The lowest BCUT2D eigenvalue weighted by Crippen LogP contribution is -2.43. The summed E-state index contributed by atoms with van der Waals surface area (Å²) in [4.78, 5) is 15.1. The number of piperidine rings is 1. The molecule has 0 amide bonds. The number of hydrogen-bond donors (Lipinski definition) is 0. The van der Waals surface area contributed by atoms with E-state index in [2.05, 4.69) is 11.9 Å². The van der Waals surface area contributed by atoms with E-state index in [0.29, 0.717) is 18.7 Å². The highest BCUT2D eigenvalue weighted by molar-refractivity contribution is 5.78. The summed E-state index contributed by atoms with van der Waals surface area (Å²) in [6.45, 7) is 0.363. The normalized spacial score (nSPS) is 29.3. The number of esters is 1. The molecule has 1 unspecified atom stereocenters. The van der Waals surface area contributed by atoms with E-state index in [-0.39, 0.29) is 18.0 Å². The van der Waals surface area contributed by atoms with Crippen LogP contribution in [0, 0.1) is 0 Å². The van der Waals surface area contributed by atoms with Crippen molar-refractivity contribution in [3.8, 4) is 0 Å². The third kappa shape index (κ3) is 3.18. The SMILES string of the molecule is COCC(C(=O)O[C@H]1C[C@H]2CC[C@@H](C1)N2C)c1ccccc1. The van der Waals surface area contributed by atoms with Crippen molar-refractivity contribution in [1.82, 2.24) is 4.90 Å². The van der Waals surface area contributed by atoms with E-state index in [1.807, 2.05) is 30.3 Å². The molecule has 1 aromatic rings. The van der Waals surface area contributed by atoms with Gasteiger partial charge in [0.15, 0.2) is 0 Å². The Hall–Kier alpha value is -1.39. The van der Waals surface area contributed by atoms with Gasteiger partial charge in [-0.3, -0.25) is 4.79 Å². The highest BCUT2D eigenvalue weighted by Crippen LogP contribution is 2.36. The summed E-state index contributed by atoms with van der Waals surface area (Å²) >= 11 is 0. The van der Waals surface area contributed by atoms with Crippen LogP contribution in [0.2, 0.25) is 0 Å². The molecule has 1 aromatic carbocycles. The van der Waals surface area contributed by atoms with Crippen molar-refractivity contribution in [2.45, 2.75) is 49.8 Å². The Labute approximate surface area is 132 Å². The second-order valence-electron chi connectivity index (χ2n) is 6.50. The number of rotatable bonds is 5. The van der Waals surface area contributed by atoms with Crippen molar-refractivity contribution in [2.24, 2.45) is 0 Å². The summed E-state index contributed by atoms with van der Waals surface area (Å²) in [7, 11) is 3.82. The Morgan fingerprint density at radius 1 is 1.23 bits per heavy atom. The van der Waals surface area contributed by atoms with Gasteiger partial charge in [-0.05, 0) is 38.3 Å². The minimum atomic E-state index is -0.330. The predicted octanol–water partition coefficient (Wildman–Crippen LogP) is 2.59. The highest BCUT2D eigenvalue weighted by atomic mass is 16.5. The standard InChI is InChI=1S/C18H25NO3/c1-19-14-8-9-15(19)11-16(10-14)22-18(20)17(12-21-2)13-6-4-3-5-7-13/h3-7,14-17H,8-12H2,1-2H3/t14-,15+,16+,17?. The zero-order valence-electron chi connectivity index (χ0n) is 13.4. The van der Waals surface area contributed by atoms with Crippen molar-refractivity contribution in [3.05, 3.63) is 35.9 Å². The number of ether oxygens (including phenoxy) is 2. The maximum absolute atomic E-state index is 12.6. The van der Waals surface area contributed by atoms with E-state index in [9.17, 15) is 4.79 Å². The number of methoxy groups -OCH3 is 1. The fourth-order valence-electron chi connectivity index (χ4n) is 3.86. The van der Waals surface area contributed by atoms with Crippen molar-refractivity contribution < 1.29 is 14.3 Å². The summed E-state index contributed by atoms with van der Waals surface area (Å²) in [6, 6.07) is 10.9. The van der Waals surface area contributed by atoms with Gasteiger partial charge in [-0.15, -0.1) is 0 Å². The lowest BCUT2D eigenvalue weighted by Gasteiger charge is -2.36. The number of fused-ring (bicyclic) bond motifs is 2. The zero-order valence-corrected chi connectivity index (χ0v) is 13.4. The van der Waals surface area contributed by atoms with Crippen molar-refractivity contribution in [1.29, 1.82) is 0 Å². The molecule has 3 rings (SSSR count). The number of benzene rings is 1. The van der Waals surface area contributed by atoms with E-state index in [1.165, 1.54) is 12.8 Å². The predicted molar refractivity (Wildman–Crippen MR) is 84.7 cm³/mol. The van der Waals surface area contributed by atoms with Crippen molar-refractivity contribution in [3.63, 3.8) is 0 Å². The molecule has 2 saturated heterocycles. The Morgan fingerprint density at radius 2 is 1.86 bits per heavy atom. The molecule has 0 aromatic heterocycles. The van der Waals surface area contributed by atoms with Gasteiger partial charge in [0, 0.05) is 19.2 Å². The Bertz CT molecular complexity index is 490. The van der Waals surface area contributed by atoms with Gasteiger partial charge in [0.1, 0.15) is 12.0 Å². The quantitative estimate of drug-likeness (QED) is 0.784. The Kier molecular flexibility index (Phi) is 4.79. The topological polar surface area (TPSA) is 38.8 Å². The summed E-state index contributed by atoms with van der Waals surface area (Å²) in [5.41, 5.74) is 0.963. The summed E-state index contributed by atoms with van der Waals surface area (Å²) in [6.07, 6.45) is 4.45. The van der Waals surface area contributed by atoms with Crippen LogP contribution in [0.15, 0.2) is 30.3 Å². The zero-order chi connectivity index (χ0) is 15.5. The Morgan fingerprint density at radius 3 is 2.45 bits per heavy atom. The van der Waals surface area contributed by atoms with E-state index in [0.717, 1.165) is 18.4 Å². The number of hydrogen-bond acceptors (Lipinski definition) is 4. The summed E-state index contributed by atoms with van der Waals surface area (Å²) < 4.78 is 11.1. The fraction of sp³-hybridized carbons (Fsp3) is 0.611. The van der Waals surface area contributed by atoms with Crippen LogP contribution in [0.1, 0.15) is 37.2 Å². The average molecular weight is 303 g/mol. The minimum absolute atomic E-state index is 0.0595. The van der Waals surface area contributed by atoms with Gasteiger partial charge < -0.3 is 14.4 Å². The summed E-state index contributed by atoms with van der Waals surface area (Å²) in [5.74, 6) is -0.481. The first kappa shape index (κ1) is 15.5. The lowest BCUT2D eigenvalue weighted by molar-refractivity contribution is -0.155. The molecular weight excluding hydrogens is 278 g/mol. The van der Waals surface area contributed by atoms with Gasteiger partial charge in [0.25, 0.3) is 0 Å². The maximum Gasteiger partial charge on any atom is 0.316 e. The lowest BCUT2D eigenvalue weighted by atomic mass is 9.98. The van der Waals surface area contributed by atoms with Crippen LogP contribution in [0.25, 0.3) is 0 Å². The smallest absolute Gasteiger partial charge is 0.316 e. The first-order valence-electron chi connectivity index (χ1n) is 8.15. The minimum Gasteiger partial charge on any atom is -0.462 e. The fourth-order valence-corrected chi connectivity index (χ4v) is 3.86. The molecule has 0 aliphatic carbocycles. The van der Waals surface area contributed by atoms with E-state index >= 15 is 0 Å². The van der Waals surface area contributed by atoms with Crippen molar-refractivity contribution >= 4 is 5.97 Å². The van der Waals surface area contributed by atoms with Crippen LogP contribution < -0.4 is 0 Å². The Balaban J connectivity index is 1.65. The third-order valence-corrected chi connectivity index (χ3v) is 5.16. The molecule has 0 spiro atoms. The average Bonchev–Trinajstić information content (AvgIpc) is 2.75. The summed E-state index contributed by atoms with van der Waals surface area (Å²) in [5, 5.41) is 0. The van der Waals surface area contributed by atoms with Gasteiger partial charge >= 0.3 is 5.97 Å². The molecule has 2 aliphatic heterocycles. The molecule has 4 atom stereocenters. The van der Waals surface area contributed by atoms with Crippen LogP contribution in [-0.2, 0) is 14.3 Å². The van der Waals surface area contributed by atoms with E-state index < -0.39 is 0 Å². The van der Waals surface area contributed by atoms with E-state index in [4.69, 9.17) is 9.47 Å². The van der Waals surface area contributed by atoms with Crippen molar-refractivity contribution in [2.75, 3.05) is 20.8 Å². The molecule has 0 saturated carbocycles. The molecule has 2 bridgehead atoms. The van der Waals surface area contributed by atoms with E-state index in [1.54, 1.807) is 7.11 Å². The monoisotopic (exact) mass is 303 g/mol. The number of carbonyl (C=O) groups is 1. The van der Waals surface area contributed by atoms with Crippen LogP contribution >= 0.6 is 0 Å². The molecule has 4 heteroatoms. The molecule has 0 N–H and O–H groups in total. The first-order chi connectivity index (χ1) is 10.7. The van der Waals surface area contributed by atoms with Gasteiger partial charge in [0.2, 0.25) is 0 Å². The second kappa shape index (κ2) is 6.80. The van der Waals surface area contributed by atoms with Crippen LogP contribution in [0.4, 0.5) is 0 Å². The molecule has 2 heterocycles. The third-order valence-electron chi connectivity index (χ3n) is 5.16. The number of nitrogens with zero attached hydrogens (tertiary/aromatic N) is 1.